The number of rotatable bonds is 4. The predicted molar refractivity (Wildman–Crippen MR) is 107 cm³/mol. The Morgan fingerprint density at radius 3 is 2.43 bits per heavy atom. The van der Waals surface area contributed by atoms with Gasteiger partial charge in [-0.15, -0.1) is 0 Å². The summed E-state index contributed by atoms with van der Waals surface area (Å²) in [6.07, 6.45) is -1.000. The molecule has 6 heteroatoms. The molecule has 2 heterocycles. The number of benzene rings is 2. The second-order valence-electron chi connectivity index (χ2n) is 6.68. The monoisotopic (exact) mass is 374 g/mol. The van der Waals surface area contributed by atoms with E-state index < -0.39 is 12.1 Å². The summed E-state index contributed by atoms with van der Waals surface area (Å²) < 4.78 is 5.36. The van der Waals surface area contributed by atoms with Crippen LogP contribution in [0.15, 0.2) is 59.4 Å². The molecule has 2 N–H and O–H groups in total. The molecule has 28 heavy (non-hydrogen) atoms. The largest absolute Gasteiger partial charge is 0.450 e. The van der Waals surface area contributed by atoms with E-state index >= 15 is 0 Å². The van der Waals surface area contributed by atoms with Gasteiger partial charge in [0.25, 0.3) is 5.56 Å². The summed E-state index contributed by atoms with van der Waals surface area (Å²) in [5.74, 6) is -1.05. The minimum Gasteiger partial charge on any atom is -0.450 e. The standard InChI is InChI=1S/C22H18N2O4/c1-12-19(16-9-5-6-10-17(16)23-12)20(25)13(2)28-22(27)18-11-14-7-3-4-8-15(14)21(26)24-18/h3-11,13,23H,1-2H3,(H,24,26). The topological polar surface area (TPSA) is 92.0 Å². The Hall–Kier alpha value is -3.67. The van der Waals surface area contributed by atoms with Gasteiger partial charge in [0.2, 0.25) is 5.78 Å². The lowest BCUT2D eigenvalue weighted by Crippen LogP contribution is -2.26. The fourth-order valence-electron chi connectivity index (χ4n) is 3.40. The van der Waals surface area contributed by atoms with Crippen LogP contribution in [0.5, 0.6) is 0 Å². The molecule has 2 aromatic heterocycles. The third-order valence-electron chi connectivity index (χ3n) is 4.77. The van der Waals surface area contributed by atoms with E-state index in [9.17, 15) is 14.4 Å². The van der Waals surface area contributed by atoms with E-state index in [1.54, 1.807) is 30.3 Å². The SMILES string of the molecule is Cc1[nH]c2ccccc2c1C(=O)C(C)OC(=O)c1cc2ccccc2c(=O)[nH]1. The van der Waals surface area contributed by atoms with Crippen molar-refractivity contribution in [3.8, 4) is 0 Å². The highest BCUT2D eigenvalue weighted by atomic mass is 16.5. The number of hydrogen-bond acceptors (Lipinski definition) is 4. The van der Waals surface area contributed by atoms with Gasteiger partial charge in [-0.3, -0.25) is 9.59 Å². The number of aromatic amines is 2. The molecule has 0 radical (unpaired) electrons. The van der Waals surface area contributed by atoms with Crippen LogP contribution in [0.25, 0.3) is 21.7 Å². The quantitative estimate of drug-likeness (QED) is 0.420. The minimum atomic E-state index is -1.000. The number of fused-ring (bicyclic) bond motifs is 2. The first kappa shape index (κ1) is 17.7. The molecule has 0 aliphatic rings. The summed E-state index contributed by atoms with van der Waals surface area (Å²) in [6, 6.07) is 16.0. The van der Waals surface area contributed by atoms with Crippen molar-refractivity contribution in [1.82, 2.24) is 9.97 Å². The maximum atomic E-state index is 12.9. The van der Waals surface area contributed by atoms with Gasteiger partial charge in [-0.2, -0.15) is 0 Å². The summed E-state index contributed by atoms with van der Waals surface area (Å²) in [6.45, 7) is 3.34. The summed E-state index contributed by atoms with van der Waals surface area (Å²) in [5, 5.41) is 1.90. The van der Waals surface area contributed by atoms with Gasteiger partial charge in [0, 0.05) is 27.5 Å². The van der Waals surface area contributed by atoms with E-state index in [2.05, 4.69) is 9.97 Å². The average Bonchev–Trinajstić information content (AvgIpc) is 3.02. The van der Waals surface area contributed by atoms with Crippen LogP contribution < -0.4 is 5.56 Å². The molecule has 0 saturated carbocycles. The number of para-hydroxylation sites is 1. The number of aromatic nitrogens is 2. The van der Waals surface area contributed by atoms with Gasteiger partial charge in [0.15, 0.2) is 6.10 Å². The lowest BCUT2D eigenvalue weighted by molar-refractivity contribution is 0.0313. The van der Waals surface area contributed by atoms with Crippen molar-refractivity contribution >= 4 is 33.4 Å². The fourth-order valence-corrected chi connectivity index (χ4v) is 3.40. The molecule has 2 aromatic carbocycles. The van der Waals surface area contributed by atoms with Crippen molar-refractivity contribution < 1.29 is 14.3 Å². The molecule has 1 unspecified atom stereocenters. The second kappa shape index (κ2) is 6.81. The molecule has 0 bridgehead atoms. The number of carbonyl (C=O) groups excluding carboxylic acids is 2. The summed E-state index contributed by atoms with van der Waals surface area (Å²) in [4.78, 5) is 43.3. The van der Waals surface area contributed by atoms with Gasteiger partial charge in [-0.05, 0) is 37.4 Å². The third-order valence-corrected chi connectivity index (χ3v) is 4.77. The number of ether oxygens (including phenoxy) is 1. The average molecular weight is 374 g/mol. The highest BCUT2D eigenvalue weighted by Gasteiger charge is 2.25. The van der Waals surface area contributed by atoms with Crippen molar-refractivity contribution in [3.63, 3.8) is 0 Å². The van der Waals surface area contributed by atoms with Crippen LogP contribution in [0.4, 0.5) is 0 Å². The third kappa shape index (κ3) is 2.99. The van der Waals surface area contributed by atoms with Crippen molar-refractivity contribution in [1.29, 1.82) is 0 Å². The molecule has 0 amide bonds. The molecule has 0 fully saturated rings. The van der Waals surface area contributed by atoms with E-state index in [0.717, 1.165) is 10.9 Å². The number of carbonyl (C=O) groups is 2. The lowest BCUT2D eigenvalue weighted by atomic mass is 10.0. The highest BCUT2D eigenvalue weighted by molar-refractivity contribution is 6.11. The van der Waals surface area contributed by atoms with E-state index in [1.807, 2.05) is 31.2 Å². The Morgan fingerprint density at radius 2 is 1.64 bits per heavy atom. The van der Waals surface area contributed by atoms with Crippen LogP contribution in [0.1, 0.15) is 33.5 Å². The molecule has 1 atom stereocenters. The highest BCUT2D eigenvalue weighted by Crippen LogP contribution is 2.24. The maximum absolute atomic E-state index is 12.9. The molecule has 0 saturated heterocycles. The number of H-pyrrole nitrogens is 2. The van der Waals surface area contributed by atoms with Gasteiger partial charge < -0.3 is 14.7 Å². The number of hydrogen-bond donors (Lipinski definition) is 2. The van der Waals surface area contributed by atoms with Crippen molar-refractivity contribution in [2.45, 2.75) is 20.0 Å². The number of Topliss-reactive ketones (excluding diaryl/α,β-unsaturated/α-hetero) is 1. The predicted octanol–water partition coefficient (Wildman–Crippen LogP) is 3.75. The van der Waals surface area contributed by atoms with Crippen LogP contribution in [0.3, 0.4) is 0 Å². The first-order valence-corrected chi connectivity index (χ1v) is 8.90. The Morgan fingerprint density at radius 1 is 0.964 bits per heavy atom. The van der Waals surface area contributed by atoms with E-state index in [-0.39, 0.29) is 17.0 Å². The summed E-state index contributed by atoms with van der Waals surface area (Å²) >= 11 is 0. The molecule has 140 valence electrons. The van der Waals surface area contributed by atoms with Gasteiger partial charge in [-0.25, -0.2) is 4.79 Å². The fraction of sp³-hybridized carbons (Fsp3) is 0.136. The Balaban J connectivity index is 1.62. The van der Waals surface area contributed by atoms with Crippen LogP contribution >= 0.6 is 0 Å². The molecule has 4 rings (SSSR count). The Labute approximate surface area is 160 Å². The van der Waals surface area contributed by atoms with Crippen molar-refractivity contribution in [2.24, 2.45) is 0 Å². The van der Waals surface area contributed by atoms with Gasteiger partial charge in [-0.1, -0.05) is 36.4 Å². The molecule has 6 nitrogen and oxygen atoms in total. The Bertz CT molecular complexity index is 1280. The van der Waals surface area contributed by atoms with Crippen LogP contribution in [-0.4, -0.2) is 27.8 Å². The van der Waals surface area contributed by atoms with Crippen LogP contribution in [0.2, 0.25) is 0 Å². The number of pyridine rings is 1. The molecule has 0 aliphatic heterocycles. The van der Waals surface area contributed by atoms with Gasteiger partial charge in [0.05, 0.1) is 0 Å². The normalized spacial score (nSPS) is 12.2. The number of esters is 1. The van der Waals surface area contributed by atoms with E-state index in [4.69, 9.17) is 4.74 Å². The smallest absolute Gasteiger partial charge is 0.355 e. The van der Waals surface area contributed by atoms with Crippen molar-refractivity contribution in [3.05, 3.63) is 81.9 Å². The second-order valence-corrected chi connectivity index (χ2v) is 6.68. The Kier molecular flexibility index (Phi) is 4.31. The van der Waals surface area contributed by atoms with Gasteiger partial charge >= 0.3 is 5.97 Å². The van der Waals surface area contributed by atoms with E-state index in [0.29, 0.717) is 22.0 Å². The molecular formula is C22H18N2O4. The first-order valence-electron chi connectivity index (χ1n) is 8.90. The number of ketones is 1. The van der Waals surface area contributed by atoms with E-state index in [1.165, 1.54) is 6.92 Å². The number of nitrogens with one attached hydrogen (secondary N) is 2. The lowest BCUT2D eigenvalue weighted by Gasteiger charge is -2.13. The zero-order valence-corrected chi connectivity index (χ0v) is 15.4. The summed E-state index contributed by atoms with van der Waals surface area (Å²) in [7, 11) is 0. The first-order chi connectivity index (χ1) is 13.5. The molecular weight excluding hydrogens is 356 g/mol. The number of aryl methyl sites for hydroxylation is 1. The summed E-state index contributed by atoms with van der Waals surface area (Å²) in [5.41, 5.74) is 1.70. The molecule has 0 aliphatic carbocycles. The van der Waals surface area contributed by atoms with Gasteiger partial charge in [0.1, 0.15) is 5.69 Å². The zero-order valence-electron chi connectivity index (χ0n) is 15.4. The van der Waals surface area contributed by atoms with Crippen molar-refractivity contribution in [2.75, 3.05) is 0 Å². The zero-order chi connectivity index (χ0) is 19.8. The molecule has 4 aromatic rings. The van der Waals surface area contributed by atoms with Crippen LogP contribution in [0, 0.1) is 6.92 Å². The molecule has 0 spiro atoms. The minimum absolute atomic E-state index is 0.0130. The van der Waals surface area contributed by atoms with Crippen LogP contribution in [-0.2, 0) is 4.74 Å². The maximum Gasteiger partial charge on any atom is 0.355 e.